The zero-order chi connectivity index (χ0) is 24.4. The van der Waals surface area contributed by atoms with Crippen molar-refractivity contribution < 1.29 is 14.4 Å². The maximum atomic E-state index is 12.9. The first-order chi connectivity index (χ1) is 17.0. The molecule has 1 fully saturated rings. The molecule has 8 heteroatoms. The average Bonchev–Trinajstić information content (AvgIpc) is 3.19. The monoisotopic (exact) mass is 469 g/mol. The molecular weight excluding hydrogens is 442 g/mol. The fraction of sp³-hybridized carbons (Fsp3) is 0.296. The topological polar surface area (TPSA) is 95.5 Å². The molecule has 1 N–H and O–H groups in total. The van der Waals surface area contributed by atoms with Gasteiger partial charge >= 0.3 is 0 Å². The molecule has 1 unspecified atom stereocenters. The van der Waals surface area contributed by atoms with Gasteiger partial charge in [0.1, 0.15) is 6.04 Å². The van der Waals surface area contributed by atoms with Crippen molar-refractivity contribution in [2.24, 2.45) is 0 Å². The predicted molar refractivity (Wildman–Crippen MR) is 130 cm³/mol. The van der Waals surface area contributed by atoms with Gasteiger partial charge in [0.25, 0.3) is 5.91 Å². The molecule has 0 spiro atoms. The van der Waals surface area contributed by atoms with Gasteiger partial charge in [-0.3, -0.25) is 29.7 Å². The van der Waals surface area contributed by atoms with Gasteiger partial charge in [-0.1, -0.05) is 12.1 Å². The molecule has 3 aromatic rings. The molecule has 4 heterocycles. The molecule has 0 aliphatic carbocycles. The van der Waals surface area contributed by atoms with Crippen molar-refractivity contribution in [3.63, 3.8) is 0 Å². The molecule has 8 nitrogen and oxygen atoms in total. The summed E-state index contributed by atoms with van der Waals surface area (Å²) in [5.41, 5.74) is 5.48. The van der Waals surface area contributed by atoms with E-state index in [0.29, 0.717) is 18.5 Å². The normalized spacial score (nSPS) is 17.6. The third kappa shape index (κ3) is 4.97. The third-order valence-corrected chi connectivity index (χ3v) is 6.57. The summed E-state index contributed by atoms with van der Waals surface area (Å²) in [6.07, 6.45) is 5.12. The maximum Gasteiger partial charge on any atom is 0.255 e. The Morgan fingerprint density at radius 3 is 2.74 bits per heavy atom. The Morgan fingerprint density at radius 1 is 1.06 bits per heavy atom. The van der Waals surface area contributed by atoms with Gasteiger partial charge in [-0.2, -0.15) is 0 Å². The maximum absolute atomic E-state index is 12.9. The highest BCUT2D eigenvalue weighted by atomic mass is 16.2. The van der Waals surface area contributed by atoms with E-state index >= 15 is 0 Å². The number of rotatable bonds is 7. The fourth-order valence-corrected chi connectivity index (χ4v) is 4.71. The van der Waals surface area contributed by atoms with Crippen LogP contribution in [0.1, 0.15) is 40.0 Å². The van der Waals surface area contributed by atoms with Crippen LogP contribution < -0.4 is 5.32 Å². The minimum atomic E-state index is -0.612. The summed E-state index contributed by atoms with van der Waals surface area (Å²) in [6.45, 7) is 2.03. The minimum Gasteiger partial charge on any atom is -0.322 e. The average molecular weight is 470 g/mol. The van der Waals surface area contributed by atoms with Gasteiger partial charge < -0.3 is 9.80 Å². The second kappa shape index (κ2) is 9.76. The second-order valence-electron chi connectivity index (χ2n) is 9.13. The number of amides is 3. The summed E-state index contributed by atoms with van der Waals surface area (Å²) in [7, 11) is 2.09. The number of benzene rings is 1. The first kappa shape index (κ1) is 22.9. The number of fused-ring (bicyclic) bond motifs is 1. The van der Waals surface area contributed by atoms with Crippen molar-refractivity contribution >= 4 is 17.7 Å². The SMILES string of the molecule is CN(CCc1ccccn1)Cc1ccnc(-c2ccc3c(c2)CN(C2CCC(=O)NC2=O)C3=O)c1. The highest BCUT2D eigenvalue weighted by Crippen LogP contribution is 2.31. The Labute approximate surface area is 204 Å². The van der Waals surface area contributed by atoms with Gasteiger partial charge in [0, 0.05) is 61.7 Å². The fourth-order valence-electron chi connectivity index (χ4n) is 4.71. The Hall–Kier alpha value is -3.91. The van der Waals surface area contributed by atoms with Crippen molar-refractivity contribution in [2.45, 2.75) is 38.4 Å². The molecule has 1 atom stereocenters. The van der Waals surface area contributed by atoms with Crippen molar-refractivity contribution in [1.29, 1.82) is 0 Å². The molecule has 0 bridgehead atoms. The number of hydrogen-bond donors (Lipinski definition) is 1. The van der Waals surface area contributed by atoms with Gasteiger partial charge in [-0.25, -0.2) is 0 Å². The van der Waals surface area contributed by atoms with Gasteiger partial charge in [0.2, 0.25) is 11.8 Å². The van der Waals surface area contributed by atoms with Crippen LogP contribution in [0.15, 0.2) is 60.9 Å². The van der Waals surface area contributed by atoms with E-state index in [4.69, 9.17) is 0 Å². The highest BCUT2D eigenvalue weighted by Gasteiger charge is 2.39. The molecule has 0 saturated carbocycles. The molecule has 0 radical (unpaired) electrons. The van der Waals surface area contributed by atoms with Crippen molar-refractivity contribution in [3.8, 4) is 11.3 Å². The molecule has 1 saturated heterocycles. The van der Waals surface area contributed by atoms with Crippen LogP contribution in [0.25, 0.3) is 11.3 Å². The first-order valence-electron chi connectivity index (χ1n) is 11.8. The zero-order valence-corrected chi connectivity index (χ0v) is 19.6. The summed E-state index contributed by atoms with van der Waals surface area (Å²) >= 11 is 0. The number of nitrogens with zero attached hydrogens (tertiary/aromatic N) is 4. The van der Waals surface area contributed by atoms with E-state index < -0.39 is 11.9 Å². The van der Waals surface area contributed by atoms with Crippen LogP contribution in [0, 0.1) is 0 Å². The molecule has 2 aliphatic heterocycles. The van der Waals surface area contributed by atoms with E-state index in [1.165, 1.54) is 0 Å². The van der Waals surface area contributed by atoms with E-state index in [1.807, 2.05) is 54.9 Å². The van der Waals surface area contributed by atoms with E-state index in [2.05, 4.69) is 33.3 Å². The zero-order valence-electron chi connectivity index (χ0n) is 19.6. The number of hydrogen-bond acceptors (Lipinski definition) is 6. The van der Waals surface area contributed by atoms with Crippen molar-refractivity contribution in [3.05, 3.63) is 83.3 Å². The van der Waals surface area contributed by atoms with Gasteiger partial charge in [-0.05, 0) is 61.0 Å². The van der Waals surface area contributed by atoms with Crippen LogP contribution in [0.3, 0.4) is 0 Å². The molecule has 5 rings (SSSR count). The third-order valence-electron chi connectivity index (χ3n) is 6.57. The lowest BCUT2D eigenvalue weighted by molar-refractivity contribution is -0.136. The lowest BCUT2D eigenvalue weighted by Crippen LogP contribution is -2.52. The van der Waals surface area contributed by atoms with Crippen LogP contribution >= 0.6 is 0 Å². The Bertz CT molecular complexity index is 1280. The lowest BCUT2D eigenvalue weighted by atomic mass is 10.0. The van der Waals surface area contributed by atoms with E-state index in [1.54, 1.807) is 4.90 Å². The summed E-state index contributed by atoms with van der Waals surface area (Å²) in [4.78, 5) is 49.5. The van der Waals surface area contributed by atoms with Crippen molar-refractivity contribution in [1.82, 2.24) is 25.1 Å². The number of carbonyl (C=O) groups excluding carboxylic acids is 3. The number of carbonyl (C=O) groups is 3. The van der Waals surface area contributed by atoms with Crippen LogP contribution in [0.2, 0.25) is 0 Å². The molecule has 35 heavy (non-hydrogen) atoms. The van der Waals surface area contributed by atoms with E-state index in [-0.39, 0.29) is 18.2 Å². The number of piperidine rings is 1. The van der Waals surface area contributed by atoms with Gasteiger partial charge in [-0.15, -0.1) is 0 Å². The lowest BCUT2D eigenvalue weighted by Gasteiger charge is -2.29. The molecule has 2 aliphatic rings. The predicted octanol–water partition coefficient (Wildman–Crippen LogP) is 2.58. The molecule has 1 aromatic carbocycles. The van der Waals surface area contributed by atoms with E-state index in [9.17, 15) is 14.4 Å². The molecule has 3 amide bonds. The summed E-state index contributed by atoms with van der Waals surface area (Å²) in [5.74, 6) is -0.854. The Kier molecular flexibility index (Phi) is 6.37. The molecular formula is C27H27N5O3. The van der Waals surface area contributed by atoms with Crippen molar-refractivity contribution in [2.75, 3.05) is 13.6 Å². The second-order valence-corrected chi connectivity index (χ2v) is 9.13. The number of imide groups is 1. The summed E-state index contributed by atoms with van der Waals surface area (Å²) in [5, 5.41) is 2.34. The Balaban J connectivity index is 1.27. The minimum absolute atomic E-state index is 0.169. The number of pyridine rings is 2. The quantitative estimate of drug-likeness (QED) is 0.535. The first-order valence-corrected chi connectivity index (χ1v) is 11.8. The number of likely N-dealkylation sites (N-methyl/N-ethyl adjacent to an activating group) is 1. The van der Waals surface area contributed by atoms with Crippen LogP contribution in [-0.2, 0) is 29.1 Å². The van der Waals surface area contributed by atoms with Crippen LogP contribution in [0.5, 0.6) is 0 Å². The largest absolute Gasteiger partial charge is 0.322 e. The van der Waals surface area contributed by atoms with E-state index in [0.717, 1.165) is 47.6 Å². The molecule has 2 aromatic heterocycles. The number of aromatic nitrogens is 2. The smallest absolute Gasteiger partial charge is 0.255 e. The highest BCUT2D eigenvalue weighted by molar-refractivity contribution is 6.05. The summed E-state index contributed by atoms with van der Waals surface area (Å²) < 4.78 is 0. The standard InChI is InChI=1S/C27H27N5O3/c1-31(13-10-21-4-2-3-11-28-21)16-18-9-12-29-23(14-18)19-5-6-22-20(15-19)17-32(27(22)35)24-7-8-25(33)30-26(24)34/h2-6,9,11-12,14-15,24H,7-8,10,13,16-17H2,1H3,(H,30,33,34). The molecule has 178 valence electrons. The Morgan fingerprint density at radius 2 is 1.94 bits per heavy atom. The van der Waals surface area contributed by atoms with Crippen LogP contribution in [-0.4, -0.2) is 57.1 Å². The summed E-state index contributed by atoms with van der Waals surface area (Å²) in [6, 6.07) is 15.1. The van der Waals surface area contributed by atoms with Crippen LogP contribution in [0.4, 0.5) is 0 Å². The number of nitrogens with one attached hydrogen (secondary N) is 1. The van der Waals surface area contributed by atoms with Gasteiger partial charge in [0.05, 0.1) is 5.69 Å². The van der Waals surface area contributed by atoms with Gasteiger partial charge in [0.15, 0.2) is 0 Å².